The molecule has 0 aliphatic carbocycles. The fourth-order valence-corrected chi connectivity index (χ4v) is 2.50. The van der Waals surface area contributed by atoms with Gasteiger partial charge in [-0.1, -0.05) is 20.8 Å². The summed E-state index contributed by atoms with van der Waals surface area (Å²) >= 11 is 0. The van der Waals surface area contributed by atoms with Crippen molar-refractivity contribution in [1.29, 1.82) is 0 Å². The molecule has 1 fully saturated rings. The molecule has 3 nitrogen and oxygen atoms in total. The number of ether oxygens (including phenoxy) is 1. The predicted molar refractivity (Wildman–Crippen MR) is 73.5 cm³/mol. The van der Waals surface area contributed by atoms with Gasteiger partial charge in [-0.15, -0.1) is 0 Å². The average molecular weight is 242 g/mol. The van der Waals surface area contributed by atoms with Gasteiger partial charge in [0.15, 0.2) is 0 Å². The molecule has 1 N–H and O–H groups in total. The predicted octanol–water partition coefficient (Wildman–Crippen LogP) is 2.27. The van der Waals surface area contributed by atoms with Gasteiger partial charge in [-0.2, -0.15) is 0 Å². The van der Waals surface area contributed by atoms with Gasteiger partial charge in [0, 0.05) is 38.4 Å². The Morgan fingerprint density at radius 3 is 2.88 bits per heavy atom. The van der Waals surface area contributed by atoms with E-state index >= 15 is 0 Å². The fourth-order valence-electron chi connectivity index (χ4n) is 2.50. The molecule has 0 amide bonds. The molecular formula is C14H30N2O. The molecule has 1 saturated heterocycles. The Labute approximate surface area is 107 Å². The molecule has 0 bridgehead atoms. The topological polar surface area (TPSA) is 24.5 Å². The van der Waals surface area contributed by atoms with Gasteiger partial charge in [0.25, 0.3) is 0 Å². The van der Waals surface area contributed by atoms with Crippen LogP contribution in [0.2, 0.25) is 0 Å². The minimum Gasteiger partial charge on any atom is -0.381 e. The van der Waals surface area contributed by atoms with Crippen molar-refractivity contribution >= 4 is 0 Å². The number of piperidine rings is 1. The van der Waals surface area contributed by atoms with Crippen LogP contribution in [0.15, 0.2) is 0 Å². The lowest BCUT2D eigenvalue weighted by Gasteiger charge is -2.34. The fraction of sp³-hybridized carbons (Fsp3) is 1.00. The molecule has 17 heavy (non-hydrogen) atoms. The monoisotopic (exact) mass is 242 g/mol. The average Bonchev–Trinajstić information content (AvgIpc) is 2.28. The van der Waals surface area contributed by atoms with Crippen LogP contribution in [0.4, 0.5) is 0 Å². The molecule has 1 aliphatic rings. The van der Waals surface area contributed by atoms with Crippen LogP contribution in [-0.2, 0) is 4.74 Å². The lowest BCUT2D eigenvalue weighted by atomic mass is 10.0. The highest BCUT2D eigenvalue weighted by atomic mass is 16.5. The third-order valence-electron chi connectivity index (χ3n) is 3.19. The zero-order valence-electron chi connectivity index (χ0n) is 11.9. The van der Waals surface area contributed by atoms with Crippen molar-refractivity contribution in [1.82, 2.24) is 10.2 Å². The maximum absolute atomic E-state index is 5.52. The second kappa shape index (κ2) is 8.90. The molecule has 1 atom stereocenters. The second-order valence-electron chi connectivity index (χ2n) is 5.43. The first kappa shape index (κ1) is 14.9. The van der Waals surface area contributed by atoms with E-state index < -0.39 is 0 Å². The van der Waals surface area contributed by atoms with E-state index in [1.807, 2.05) is 0 Å². The molecule has 0 radical (unpaired) electrons. The van der Waals surface area contributed by atoms with Crippen molar-refractivity contribution < 1.29 is 4.74 Å². The molecular weight excluding hydrogens is 212 g/mol. The Hall–Kier alpha value is -0.120. The van der Waals surface area contributed by atoms with Crippen LogP contribution in [0.5, 0.6) is 0 Å². The van der Waals surface area contributed by atoms with E-state index in [9.17, 15) is 0 Å². The number of hydrogen-bond donors (Lipinski definition) is 1. The van der Waals surface area contributed by atoms with Crippen LogP contribution < -0.4 is 5.32 Å². The maximum Gasteiger partial charge on any atom is 0.0478 e. The Balaban J connectivity index is 2.08. The van der Waals surface area contributed by atoms with E-state index in [-0.39, 0.29) is 0 Å². The van der Waals surface area contributed by atoms with E-state index in [4.69, 9.17) is 4.74 Å². The Kier molecular flexibility index (Phi) is 7.82. The van der Waals surface area contributed by atoms with Gasteiger partial charge < -0.3 is 15.0 Å². The van der Waals surface area contributed by atoms with Crippen LogP contribution in [0.25, 0.3) is 0 Å². The first-order valence-corrected chi connectivity index (χ1v) is 7.28. The van der Waals surface area contributed by atoms with E-state index in [1.165, 1.54) is 38.9 Å². The van der Waals surface area contributed by atoms with Gasteiger partial charge >= 0.3 is 0 Å². The summed E-state index contributed by atoms with van der Waals surface area (Å²) in [6, 6.07) is 1.30. The van der Waals surface area contributed by atoms with Gasteiger partial charge in [0.1, 0.15) is 0 Å². The summed E-state index contributed by atoms with van der Waals surface area (Å²) in [5.74, 6) is 0. The van der Waals surface area contributed by atoms with Crippen molar-refractivity contribution in [2.24, 2.45) is 0 Å². The smallest absolute Gasteiger partial charge is 0.0478 e. The zero-order chi connectivity index (χ0) is 12.5. The molecule has 1 heterocycles. The van der Waals surface area contributed by atoms with Crippen LogP contribution in [0.1, 0.15) is 46.5 Å². The quantitative estimate of drug-likeness (QED) is 0.661. The first-order chi connectivity index (χ1) is 8.22. The van der Waals surface area contributed by atoms with E-state index in [2.05, 4.69) is 31.0 Å². The van der Waals surface area contributed by atoms with Crippen LogP contribution in [-0.4, -0.2) is 49.8 Å². The third-order valence-corrected chi connectivity index (χ3v) is 3.19. The van der Waals surface area contributed by atoms with Crippen LogP contribution in [0, 0.1) is 0 Å². The number of nitrogens with zero attached hydrogens (tertiary/aromatic N) is 1. The van der Waals surface area contributed by atoms with E-state index in [1.54, 1.807) is 0 Å². The van der Waals surface area contributed by atoms with Gasteiger partial charge in [0.2, 0.25) is 0 Å². The summed E-state index contributed by atoms with van der Waals surface area (Å²) in [6.07, 6.45) is 4.97. The van der Waals surface area contributed by atoms with Crippen LogP contribution in [0.3, 0.4) is 0 Å². The summed E-state index contributed by atoms with van der Waals surface area (Å²) in [5.41, 5.74) is 0. The zero-order valence-corrected chi connectivity index (χ0v) is 11.9. The number of hydrogen-bond acceptors (Lipinski definition) is 3. The molecule has 0 aromatic carbocycles. The Bertz CT molecular complexity index is 185. The SMILES string of the molecule is CCCOCCCN1CCCC(NC(C)C)C1. The largest absolute Gasteiger partial charge is 0.381 e. The molecule has 3 heteroatoms. The maximum atomic E-state index is 5.52. The minimum absolute atomic E-state index is 0.604. The highest BCUT2D eigenvalue weighted by molar-refractivity contribution is 4.79. The molecule has 0 spiro atoms. The standard InChI is InChI=1S/C14H30N2O/c1-4-10-17-11-6-9-16-8-5-7-14(12-16)15-13(2)3/h13-15H,4-12H2,1-3H3. The molecule has 0 saturated carbocycles. The third kappa shape index (κ3) is 7.02. The molecule has 102 valence electrons. The molecule has 0 aromatic heterocycles. The highest BCUT2D eigenvalue weighted by Crippen LogP contribution is 2.11. The summed E-state index contributed by atoms with van der Waals surface area (Å²) < 4.78 is 5.52. The number of likely N-dealkylation sites (tertiary alicyclic amines) is 1. The number of rotatable bonds is 8. The van der Waals surface area contributed by atoms with Gasteiger partial charge in [-0.3, -0.25) is 0 Å². The first-order valence-electron chi connectivity index (χ1n) is 7.28. The van der Waals surface area contributed by atoms with Crippen molar-refractivity contribution in [3.05, 3.63) is 0 Å². The lowest BCUT2D eigenvalue weighted by molar-refractivity contribution is 0.112. The normalized spacial score (nSPS) is 22.2. The van der Waals surface area contributed by atoms with Crippen molar-refractivity contribution in [3.8, 4) is 0 Å². The van der Waals surface area contributed by atoms with E-state index in [0.29, 0.717) is 12.1 Å². The second-order valence-corrected chi connectivity index (χ2v) is 5.43. The van der Waals surface area contributed by atoms with E-state index in [0.717, 1.165) is 19.6 Å². The Morgan fingerprint density at radius 1 is 1.35 bits per heavy atom. The summed E-state index contributed by atoms with van der Waals surface area (Å²) in [4.78, 5) is 2.58. The summed E-state index contributed by atoms with van der Waals surface area (Å²) in [5, 5.41) is 3.65. The Morgan fingerprint density at radius 2 is 2.18 bits per heavy atom. The summed E-state index contributed by atoms with van der Waals surface area (Å²) in [6.45, 7) is 12.1. The molecule has 0 aromatic rings. The van der Waals surface area contributed by atoms with Crippen LogP contribution >= 0.6 is 0 Å². The molecule has 1 rings (SSSR count). The summed E-state index contributed by atoms with van der Waals surface area (Å²) in [7, 11) is 0. The molecule has 1 unspecified atom stereocenters. The minimum atomic E-state index is 0.604. The number of nitrogens with one attached hydrogen (secondary N) is 1. The van der Waals surface area contributed by atoms with Crippen molar-refractivity contribution in [2.45, 2.75) is 58.5 Å². The van der Waals surface area contributed by atoms with Gasteiger partial charge in [-0.25, -0.2) is 0 Å². The van der Waals surface area contributed by atoms with Gasteiger partial charge in [-0.05, 0) is 32.2 Å². The highest BCUT2D eigenvalue weighted by Gasteiger charge is 2.19. The molecule has 1 aliphatic heterocycles. The van der Waals surface area contributed by atoms with Crippen molar-refractivity contribution in [2.75, 3.05) is 32.8 Å². The lowest BCUT2D eigenvalue weighted by Crippen LogP contribution is -2.48. The van der Waals surface area contributed by atoms with Gasteiger partial charge in [0.05, 0.1) is 0 Å². The van der Waals surface area contributed by atoms with Crippen molar-refractivity contribution in [3.63, 3.8) is 0 Å².